The van der Waals surface area contributed by atoms with Crippen LogP contribution in [0.1, 0.15) is 16.7 Å². The molecule has 0 aliphatic heterocycles. The minimum atomic E-state index is -3.99. The number of hydrogen-bond donors (Lipinski definition) is 1. The summed E-state index contributed by atoms with van der Waals surface area (Å²) >= 11 is 18.0. The maximum atomic E-state index is 13.3. The van der Waals surface area contributed by atoms with E-state index >= 15 is 0 Å². The van der Waals surface area contributed by atoms with Crippen molar-refractivity contribution in [1.82, 2.24) is 9.73 Å². The summed E-state index contributed by atoms with van der Waals surface area (Å²) in [6.07, 6.45) is 1.34. The Hall–Kier alpha value is -2.42. The third-order valence-corrected chi connectivity index (χ3v) is 7.48. The normalized spacial score (nSPS) is 11.8. The average Bonchev–Trinajstić information content (AvgIpc) is 2.76. The van der Waals surface area contributed by atoms with Crippen molar-refractivity contribution in [3.8, 4) is 0 Å². The number of amides is 1. The van der Waals surface area contributed by atoms with Crippen molar-refractivity contribution >= 4 is 56.9 Å². The molecule has 0 aromatic heterocycles. The molecular weight excluding hydrogens is 505 g/mol. The zero-order valence-electron chi connectivity index (χ0n) is 17.5. The van der Waals surface area contributed by atoms with Gasteiger partial charge in [0.1, 0.15) is 0 Å². The van der Waals surface area contributed by atoms with Gasteiger partial charge in [0.2, 0.25) is 10.0 Å². The standard InChI is InChI=1S/C23H20Cl3N3O3S/c1-16-4-2-5-17(12-16)14-29(33(31,32)20-10-8-19(24)9-11-20)15-22(30)28-27-13-18-6-3-7-21(25)23(18)26/h2-13H,14-15H2,1H3,(H,28,30)/b27-13-. The lowest BCUT2D eigenvalue weighted by molar-refractivity contribution is -0.121. The fourth-order valence-corrected chi connectivity index (χ4v) is 4.85. The monoisotopic (exact) mass is 523 g/mol. The molecule has 0 unspecified atom stereocenters. The van der Waals surface area contributed by atoms with Crippen LogP contribution in [0.3, 0.4) is 0 Å². The molecule has 3 aromatic carbocycles. The van der Waals surface area contributed by atoms with Gasteiger partial charge in [0, 0.05) is 17.1 Å². The molecule has 33 heavy (non-hydrogen) atoms. The van der Waals surface area contributed by atoms with Crippen LogP contribution in [0.15, 0.2) is 76.7 Å². The maximum Gasteiger partial charge on any atom is 0.255 e. The van der Waals surface area contributed by atoms with E-state index in [0.29, 0.717) is 20.6 Å². The van der Waals surface area contributed by atoms with Crippen molar-refractivity contribution in [3.05, 3.63) is 98.5 Å². The number of carbonyl (C=O) groups excluding carboxylic acids is 1. The predicted molar refractivity (Wildman–Crippen MR) is 132 cm³/mol. The van der Waals surface area contributed by atoms with Gasteiger partial charge in [-0.3, -0.25) is 4.79 Å². The second-order valence-electron chi connectivity index (χ2n) is 7.15. The molecule has 6 nitrogen and oxygen atoms in total. The fraction of sp³-hybridized carbons (Fsp3) is 0.130. The lowest BCUT2D eigenvalue weighted by atomic mass is 10.1. The lowest BCUT2D eigenvalue weighted by Crippen LogP contribution is -2.39. The number of nitrogens with one attached hydrogen (secondary N) is 1. The van der Waals surface area contributed by atoms with Gasteiger partial charge in [-0.2, -0.15) is 9.41 Å². The number of halogens is 3. The molecule has 0 saturated heterocycles. The summed E-state index contributed by atoms with van der Waals surface area (Å²) in [6, 6.07) is 18.2. The van der Waals surface area contributed by atoms with Crippen molar-refractivity contribution in [3.63, 3.8) is 0 Å². The number of rotatable bonds is 8. The zero-order valence-corrected chi connectivity index (χ0v) is 20.6. The highest BCUT2D eigenvalue weighted by atomic mass is 35.5. The highest BCUT2D eigenvalue weighted by molar-refractivity contribution is 7.89. The molecule has 0 heterocycles. The van der Waals surface area contributed by atoms with Crippen LogP contribution in [0.5, 0.6) is 0 Å². The van der Waals surface area contributed by atoms with E-state index in [0.717, 1.165) is 15.4 Å². The van der Waals surface area contributed by atoms with E-state index in [4.69, 9.17) is 34.8 Å². The highest BCUT2D eigenvalue weighted by Crippen LogP contribution is 2.24. The summed E-state index contributed by atoms with van der Waals surface area (Å²) in [4.78, 5) is 12.6. The van der Waals surface area contributed by atoms with Crippen LogP contribution < -0.4 is 5.43 Å². The van der Waals surface area contributed by atoms with Gasteiger partial charge in [0.15, 0.2) is 0 Å². The largest absolute Gasteiger partial charge is 0.272 e. The van der Waals surface area contributed by atoms with Crippen molar-refractivity contribution in [1.29, 1.82) is 0 Å². The molecule has 3 rings (SSSR count). The smallest absolute Gasteiger partial charge is 0.255 e. The Bertz CT molecular complexity index is 1280. The first-order chi connectivity index (χ1) is 15.7. The second kappa shape index (κ2) is 11.1. The van der Waals surface area contributed by atoms with E-state index < -0.39 is 22.5 Å². The van der Waals surface area contributed by atoms with Crippen LogP contribution in [0.25, 0.3) is 0 Å². The number of hydrogen-bond acceptors (Lipinski definition) is 4. The predicted octanol–water partition coefficient (Wildman–Crippen LogP) is 5.30. The minimum absolute atomic E-state index is 0.00386. The second-order valence-corrected chi connectivity index (χ2v) is 10.3. The van der Waals surface area contributed by atoms with Crippen LogP contribution in [-0.2, 0) is 21.4 Å². The van der Waals surface area contributed by atoms with Crippen molar-refractivity contribution < 1.29 is 13.2 Å². The summed E-state index contributed by atoms with van der Waals surface area (Å²) in [6.45, 7) is 1.47. The van der Waals surface area contributed by atoms with Gasteiger partial charge in [-0.15, -0.1) is 0 Å². The Morgan fingerprint density at radius 2 is 1.73 bits per heavy atom. The average molecular weight is 525 g/mol. The molecule has 0 radical (unpaired) electrons. The SMILES string of the molecule is Cc1cccc(CN(CC(=O)N/N=C\c2cccc(Cl)c2Cl)S(=O)(=O)c2ccc(Cl)cc2)c1. The molecule has 0 spiro atoms. The number of aryl methyl sites for hydroxylation is 1. The van der Waals surface area contributed by atoms with Crippen molar-refractivity contribution in [2.75, 3.05) is 6.54 Å². The van der Waals surface area contributed by atoms with Gasteiger partial charge in [0.05, 0.1) is 27.7 Å². The van der Waals surface area contributed by atoms with Crippen LogP contribution in [0.2, 0.25) is 15.1 Å². The molecule has 0 aliphatic carbocycles. The third-order valence-electron chi connectivity index (χ3n) is 4.59. The fourth-order valence-electron chi connectivity index (χ4n) is 2.99. The van der Waals surface area contributed by atoms with Gasteiger partial charge in [-0.25, -0.2) is 13.8 Å². The Balaban J connectivity index is 1.81. The molecule has 0 aliphatic rings. The Morgan fingerprint density at radius 1 is 1.03 bits per heavy atom. The van der Waals surface area contributed by atoms with Crippen LogP contribution in [0.4, 0.5) is 0 Å². The van der Waals surface area contributed by atoms with Gasteiger partial charge in [0.25, 0.3) is 5.91 Å². The topological polar surface area (TPSA) is 78.8 Å². The first-order valence-corrected chi connectivity index (χ1v) is 12.3. The third kappa shape index (κ3) is 6.79. The van der Waals surface area contributed by atoms with Crippen LogP contribution in [-0.4, -0.2) is 31.4 Å². The summed E-state index contributed by atoms with van der Waals surface area (Å²) in [5.41, 5.74) is 4.57. The van der Waals surface area contributed by atoms with Gasteiger partial charge in [-0.1, -0.05) is 76.8 Å². The van der Waals surface area contributed by atoms with E-state index in [1.165, 1.54) is 30.5 Å². The first kappa shape index (κ1) is 25.2. The molecule has 0 saturated carbocycles. The molecular formula is C23H20Cl3N3O3S. The lowest BCUT2D eigenvalue weighted by Gasteiger charge is -2.21. The van der Waals surface area contributed by atoms with Crippen LogP contribution in [0, 0.1) is 6.92 Å². The highest BCUT2D eigenvalue weighted by Gasteiger charge is 2.27. The molecule has 1 N–H and O–H groups in total. The van der Waals surface area contributed by atoms with E-state index in [-0.39, 0.29) is 11.4 Å². The number of sulfonamides is 1. The van der Waals surface area contributed by atoms with Gasteiger partial charge >= 0.3 is 0 Å². The van der Waals surface area contributed by atoms with Crippen LogP contribution >= 0.6 is 34.8 Å². The first-order valence-electron chi connectivity index (χ1n) is 9.74. The Kier molecular flexibility index (Phi) is 8.51. The van der Waals surface area contributed by atoms with Crippen molar-refractivity contribution in [2.24, 2.45) is 5.10 Å². The number of hydrazone groups is 1. The quantitative estimate of drug-likeness (QED) is 0.321. The van der Waals surface area contributed by atoms with Gasteiger partial charge < -0.3 is 0 Å². The summed E-state index contributed by atoms with van der Waals surface area (Å²) in [5.74, 6) is -0.616. The Morgan fingerprint density at radius 3 is 2.42 bits per heavy atom. The molecule has 1 amide bonds. The maximum absolute atomic E-state index is 13.3. The molecule has 10 heteroatoms. The van der Waals surface area contributed by atoms with E-state index in [1.54, 1.807) is 24.3 Å². The molecule has 0 bridgehead atoms. The number of carbonyl (C=O) groups is 1. The molecule has 0 fully saturated rings. The van der Waals surface area contributed by atoms with E-state index in [1.807, 2.05) is 25.1 Å². The zero-order chi connectivity index (χ0) is 24.0. The van der Waals surface area contributed by atoms with E-state index in [2.05, 4.69) is 10.5 Å². The minimum Gasteiger partial charge on any atom is -0.272 e. The molecule has 172 valence electrons. The number of benzene rings is 3. The molecule has 3 aromatic rings. The summed E-state index contributed by atoms with van der Waals surface area (Å²) < 4.78 is 27.6. The van der Waals surface area contributed by atoms with Gasteiger partial charge in [-0.05, 0) is 42.8 Å². The summed E-state index contributed by atoms with van der Waals surface area (Å²) in [5, 5.41) is 4.93. The summed E-state index contributed by atoms with van der Waals surface area (Å²) in [7, 11) is -3.99. The van der Waals surface area contributed by atoms with Crippen molar-refractivity contribution in [2.45, 2.75) is 18.4 Å². The molecule has 0 atom stereocenters. The number of nitrogens with zero attached hydrogens (tertiary/aromatic N) is 2. The Labute approximate surface area is 207 Å². The van der Waals surface area contributed by atoms with E-state index in [9.17, 15) is 13.2 Å².